The summed E-state index contributed by atoms with van der Waals surface area (Å²) in [5, 5.41) is 21.0. The molecule has 0 aromatic heterocycles. The van der Waals surface area contributed by atoms with Gasteiger partial charge < -0.3 is 21.3 Å². The fourth-order valence-corrected chi connectivity index (χ4v) is 1.12. The van der Waals surface area contributed by atoms with Crippen LogP contribution in [0.5, 0.6) is 11.5 Å². The molecular weight excluding hydrogens is 228 g/mol. The Morgan fingerprint density at radius 2 is 2.12 bits per heavy atom. The largest absolute Gasteiger partial charge is 0.508 e. The molecule has 1 aromatic carbocycles. The van der Waals surface area contributed by atoms with Gasteiger partial charge in [0.05, 0.1) is 16.6 Å². The second kappa shape index (κ2) is 4.80. The van der Waals surface area contributed by atoms with Crippen LogP contribution in [0.15, 0.2) is 18.2 Å². The fraction of sp³-hybridized carbons (Fsp3) is 0.200. The van der Waals surface area contributed by atoms with Gasteiger partial charge in [-0.05, 0) is 19.1 Å². The van der Waals surface area contributed by atoms with Crippen molar-refractivity contribution < 1.29 is 15.0 Å². The molecule has 1 aromatic rings. The molecule has 6 heteroatoms. The number of amides is 1. The lowest BCUT2D eigenvalue weighted by Gasteiger charge is -2.12. The summed E-state index contributed by atoms with van der Waals surface area (Å²) in [5.41, 5.74) is 5.40. The highest BCUT2D eigenvalue weighted by Gasteiger charge is 2.15. The zero-order valence-electron chi connectivity index (χ0n) is 8.60. The SMILES string of the molecule is CC(NC(=O)c1ccc(O)cc1O)C(N)=S. The molecule has 1 rings (SSSR count). The van der Waals surface area contributed by atoms with Crippen molar-refractivity contribution in [2.75, 3.05) is 0 Å². The van der Waals surface area contributed by atoms with Crippen molar-refractivity contribution in [1.82, 2.24) is 5.32 Å². The number of carbonyl (C=O) groups is 1. The molecular formula is C10H12N2O3S. The highest BCUT2D eigenvalue weighted by molar-refractivity contribution is 7.80. The Morgan fingerprint density at radius 3 is 2.62 bits per heavy atom. The van der Waals surface area contributed by atoms with Gasteiger partial charge >= 0.3 is 0 Å². The van der Waals surface area contributed by atoms with Crippen molar-refractivity contribution >= 4 is 23.1 Å². The number of phenolic OH excluding ortho intramolecular Hbond substituents is 2. The molecule has 1 unspecified atom stereocenters. The third-order valence-corrected chi connectivity index (χ3v) is 2.35. The van der Waals surface area contributed by atoms with Crippen LogP contribution in [0.25, 0.3) is 0 Å². The van der Waals surface area contributed by atoms with Crippen LogP contribution >= 0.6 is 12.2 Å². The zero-order chi connectivity index (χ0) is 12.3. The van der Waals surface area contributed by atoms with E-state index in [0.29, 0.717) is 0 Å². The molecule has 0 aliphatic carbocycles. The number of hydrogen-bond donors (Lipinski definition) is 4. The lowest BCUT2D eigenvalue weighted by atomic mass is 10.1. The first kappa shape index (κ1) is 12.3. The lowest BCUT2D eigenvalue weighted by Crippen LogP contribution is -2.41. The Hall–Kier alpha value is -1.82. The average Bonchev–Trinajstić information content (AvgIpc) is 2.16. The molecule has 86 valence electrons. The Morgan fingerprint density at radius 1 is 1.50 bits per heavy atom. The van der Waals surface area contributed by atoms with E-state index in [1.54, 1.807) is 6.92 Å². The summed E-state index contributed by atoms with van der Waals surface area (Å²) in [7, 11) is 0. The minimum Gasteiger partial charge on any atom is -0.508 e. The van der Waals surface area contributed by atoms with Crippen LogP contribution in [0, 0.1) is 0 Å². The molecule has 0 fully saturated rings. The normalized spacial score (nSPS) is 11.8. The third-order valence-electron chi connectivity index (χ3n) is 2.00. The average molecular weight is 240 g/mol. The summed E-state index contributed by atoms with van der Waals surface area (Å²) >= 11 is 4.70. The van der Waals surface area contributed by atoms with Crippen molar-refractivity contribution in [3.05, 3.63) is 23.8 Å². The Kier molecular flexibility index (Phi) is 3.68. The molecule has 5 nitrogen and oxygen atoms in total. The van der Waals surface area contributed by atoms with Crippen LogP contribution in [-0.4, -0.2) is 27.2 Å². The number of rotatable bonds is 3. The second-order valence-corrected chi connectivity index (χ2v) is 3.77. The Bertz CT molecular complexity index is 434. The minimum atomic E-state index is -0.502. The molecule has 1 amide bonds. The van der Waals surface area contributed by atoms with Crippen LogP contribution in [0.3, 0.4) is 0 Å². The van der Waals surface area contributed by atoms with Crippen LogP contribution in [0.2, 0.25) is 0 Å². The number of thiocarbonyl (C=S) groups is 1. The maximum absolute atomic E-state index is 11.6. The third kappa shape index (κ3) is 2.83. The van der Waals surface area contributed by atoms with Crippen LogP contribution in [0.1, 0.15) is 17.3 Å². The van der Waals surface area contributed by atoms with Gasteiger partial charge in [0, 0.05) is 6.07 Å². The number of carbonyl (C=O) groups excluding carboxylic acids is 1. The quantitative estimate of drug-likeness (QED) is 0.577. The first-order chi connectivity index (χ1) is 7.41. The van der Waals surface area contributed by atoms with Crippen molar-refractivity contribution in [3.8, 4) is 11.5 Å². The van der Waals surface area contributed by atoms with Crippen LogP contribution in [-0.2, 0) is 0 Å². The minimum absolute atomic E-state index is 0.0564. The first-order valence-electron chi connectivity index (χ1n) is 4.54. The van der Waals surface area contributed by atoms with Crippen LogP contribution in [0.4, 0.5) is 0 Å². The summed E-state index contributed by atoms with van der Waals surface area (Å²) in [6.45, 7) is 1.64. The standard InChI is InChI=1S/C10H12N2O3S/c1-5(9(11)16)12-10(15)7-3-2-6(13)4-8(7)14/h2-5,13-14H,1H3,(H2,11,16)(H,12,15). The topological polar surface area (TPSA) is 95.6 Å². The predicted molar refractivity (Wildman–Crippen MR) is 63.5 cm³/mol. The number of aromatic hydroxyl groups is 2. The molecule has 0 saturated heterocycles. The molecule has 0 radical (unpaired) electrons. The fourth-order valence-electron chi connectivity index (χ4n) is 1.06. The Balaban J connectivity index is 2.85. The zero-order valence-corrected chi connectivity index (χ0v) is 9.41. The van der Waals surface area contributed by atoms with Gasteiger partial charge in [0.1, 0.15) is 11.5 Å². The van der Waals surface area contributed by atoms with E-state index in [2.05, 4.69) is 5.32 Å². The van der Waals surface area contributed by atoms with Crippen molar-refractivity contribution in [2.45, 2.75) is 13.0 Å². The molecule has 0 spiro atoms. The Labute approximate surface area is 97.9 Å². The van der Waals surface area contributed by atoms with E-state index < -0.39 is 11.9 Å². The van der Waals surface area contributed by atoms with E-state index in [1.165, 1.54) is 12.1 Å². The van der Waals surface area contributed by atoms with E-state index in [0.717, 1.165) is 6.07 Å². The summed E-state index contributed by atoms with van der Waals surface area (Å²) in [6, 6.07) is 3.24. The summed E-state index contributed by atoms with van der Waals surface area (Å²) in [4.78, 5) is 11.8. The number of nitrogens with two attached hydrogens (primary N) is 1. The van der Waals surface area contributed by atoms with Gasteiger partial charge in [0.2, 0.25) is 0 Å². The summed E-state index contributed by atoms with van der Waals surface area (Å²) < 4.78 is 0. The number of nitrogens with one attached hydrogen (secondary N) is 1. The molecule has 16 heavy (non-hydrogen) atoms. The first-order valence-corrected chi connectivity index (χ1v) is 4.95. The van der Waals surface area contributed by atoms with Gasteiger partial charge in [-0.15, -0.1) is 0 Å². The smallest absolute Gasteiger partial charge is 0.255 e. The molecule has 0 bridgehead atoms. The summed E-state index contributed by atoms with van der Waals surface area (Å²) in [5.74, 6) is -0.915. The monoisotopic (exact) mass is 240 g/mol. The van der Waals surface area contributed by atoms with Crippen LogP contribution < -0.4 is 11.1 Å². The van der Waals surface area contributed by atoms with Gasteiger partial charge in [-0.3, -0.25) is 4.79 Å². The highest BCUT2D eigenvalue weighted by atomic mass is 32.1. The molecule has 0 heterocycles. The van der Waals surface area contributed by atoms with Gasteiger partial charge in [-0.2, -0.15) is 0 Å². The number of phenols is 2. The number of benzene rings is 1. The molecule has 0 aliphatic heterocycles. The molecule has 0 saturated carbocycles. The molecule has 1 atom stereocenters. The lowest BCUT2D eigenvalue weighted by molar-refractivity contribution is 0.0946. The second-order valence-electron chi connectivity index (χ2n) is 3.30. The van der Waals surface area contributed by atoms with E-state index in [1.807, 2.05) is 0 Å². The maximum atomic E-state index is 11.6. The van der Waals surface area contributed by atoms with Gasteiger partial charge in [-0.25, -0.2) is 0 Å². The number of hydrogen-bond acceptors (Lipinski definition) is 4. The summed E-state index contributed by atoms with van der Waals surface area (Å²) in [6.07, 6.45) is 0. The molecule has 0 aliphatic rings. The van der Waals surface area contributed by atoms with Crippen molar-refractivity contribution in [2.24, 2.45) is 5.73 Å². The van der Waals surface area contributed by atoms with Crippen molar-refractivity contribution in [1.29, 1.82) is 0 Å². The maximum Gasteiger partial charge on any atom is 0.255 e. The van der Waals surface area contributed by atoms with E-state index in [9.17, 15) is 9.90 Å². The predicted octanol–water partition coefficient (Wildman–Crippen LogP) is 0.502. The van der Waals surface area contributed by atoms with Crippen molar-refractivity contribution in [3.63, 3.8) is 0 Å². The van der Waals surface area contributed by atoms with E-state index >= 15 is 0 Å². The highest BCUT2D eigenvalue weighted by Crippen LogP contribution is 2.22. The van der Waals surface area contributed by atoms with E-state index in [-0.39, 0.29) is 22.1 Å². The van der Waals surface area contributed by atoms with E-state index in [4.69, 9.17) is 23.1 Å². The molecule has 5 N–H and O–H groups in total. The van der Waals surface area contributed by atoms with Gasteiger partial charge in [0.15, 0.2) is 0 Å². The van der Waals surface area contributed by atoms with Gasteiger partial charge in [0.25, 0.3) is 5.91 Å². The van der Waals surface area contributed by atoms with Gasteiger partial charge in [-0.1, -0.05) is 12.2 Å².